The van der Waals surface area contributed by atoms with Crippen LogP contribution < -0.4 is 14.8 Å². The molecule has 0 fully saturated rings. The predicted octanol–water partition coefficient (Wildman–Crippen LogP) is 5.39. The number of pyridine rings is 1. The monoisotopic (exact) mass is 498 g/mol. The molecule has 180 valence electrons. The fourth-order valence-electron chi connectivity index (χ4n) is 3.67. The molecule has 1 amide bonds. The Kier molecular flexibility index (Phi) is 6.38. The summed E-state index contributed by atoms with van der Waals surface area (Å²) in [6.45, 7) is 0.241. The van der Waals surface area contributed by atoms with Gasteiger partial charge < -0.3 is 10.1 Å². The number of carbonyl (C=O) groups is 1. The lowest BCUT2D eigenvalue weighted by molar-refractivity contribution is 0.243. The summed E-state index contributed by atoms with van der Waals surface area (Å²) in [6.07, 6.45) is 5.01. The van der Waals surface area contributed by atoms with Crippen molar-refractivity contribution in [2.75, 3.05) is 4.72 Å². The van der Waals surface area contributed by atoms with E-state index in [9.17, 15) is 13.2 Å². The van der Waals surface area contributed by atoms with Gasteiger partial charge in [-0.1, -0.05) is 42.5 Å². The smallest absolute Gasteiger partial charge is 0.326 e. The molecule has 0 aliphatic heterocycles. The van der Waals surface area contributed by atoms with E-state index in [-0.39, 0.29) is 17.5 Å². The summed E-state index contributed by atoms with van der Waals surface area (Å²) in [6, 6.07) is 25.6. The van der Waals surface area contributed by atoms with Gasteiger partial charge in [0, 0.05) is 30.5 Å². The first-order chi connectivity index (χ1) is 17.5. The Labute approximate surface area is 208 Å². The van der Waals surface area contributed by atoms with Crippen molar-refractivity contribution >= 4 is 32.6 Å². The number of hydrogen-bond donors (Lipinski definition) is 2. The third-order valence-electron chi connectivity index (χ3n) is 5.49. The van der Waals surface area contributed by atoms with E-state index in [0.29, 0.717) is 17.2 Å². The lowest BCUT2D eigenvalue weighted by Crippen LogP contribution is -2.27. The number of anilines is 1. The summed E-state index contributed by atoms with van der Waals surface area (Å²) >= 11 is 0. The highest BCUT2D eigenvalue weighted by molar-refractivity contribution is 7.92. The SMILES string of the molecule is O=C(NCc1ccc(S(=O)(=O)Nc2ccccc2Oc2ccccc2)cc1)n1ccc2cnccc21. The zero-order chi connectivity index (χ0) is 25.0. The third kappa shape index (κ3) is 5.06. The molecule has 0 spiro atoms. The molecule has 0 saturated carbocycles. The topological polar surface area (TPSA) is 102 Å². The van der Waals surface area contributed by atoms with Gasteiger partial charge in [-0.3, -0.25) is 14.3 Å². The summed E-state index contributed by atoms with van der Waals surface area (Å²) < 4.78 is 36.0. The van der Waals surface area contributed by atoms with Crippen LogP contribution in [0.4, 0.5) is 10.5 Å². The summed E-state index contributed by atoms with van der Waals surface area (Å²) in [5.74, 6) is 0.986. The molecular formula is C27H22N4O4S. The second-order valence-electron chi connectivity index (χ2n) is 7.94. The van der Waals surface area contributed by atoms with Crippen molar-refractivity contribution in [3.8, 4) is 11.5 Å². The fraction of sp³-hybridized carbons (Fsp3) is 0.0370. The summed E-state index contributed by atoms with van der Waals surface area (Å²) in [4.78, 5) is 16.7. The van der Waals surface area contributed by atoms with E-state index < -0.39 is 10.0 Å². The van der Waals surface area contributed by atoms with Gasteiger partial charge in [0.1, 0.15) is 5.75 Å². The number of aromatic nitrogens is 2. The van der Waals surface area contributed by atoms with E-state index in [1.165, 1.54) is 16.7 Å². The number of ether oxygens (including phenoxy) is 1. The van der Waals surface area contributed by atoms with Crippen molar-refractivity contribution in [3.63, 3.8) is 0 Å². The normalized spacial score (nSPS) is 11.2. The van der Waals surface area contributed by atoms with Gasteiger partial charge in [-0.25, -0.2) is 13.2 Å². The Morgan fingerprint density at radius 3 is 2.44 bits per heavy atom. The minimum Gasteiger partial charge on any atom is -0.455 e. The molecule has 9 heteroatoms. The zero-order valence-corrected chi connectivity index (χ0v) is 19.9. The van der Waals surface area contributed by atoms with Crippen molar-refractivity contribution in [2.24, 2.45) is 0 Å². The maximum atomic E-state index is 13.0. The second kappa shape index (κ2) is 9.93. The number of fused-ring (bicyclic) bond motifs is 1. The van der Waals surface area contributed by atoms with Crippen LogP contribution in [-0.2, 0) is 16.6 Å². The Balaban J connectivity index is 1.26. The van der Waals surface area contributed by atoms with Crippen LogP contribution in [0.5, 0.6) is 11.5 Å². The highest BCUT2D eigenvalue weighted by Crippen LogP contribution is 2.31. The van der Waals surface area contributed by atoms with E-state index in [2.05, 4.69) is 15.0 Å². The lowest BCUT2D eigenvalue weighted by Gasteiger charge is -2.14. The van der Waals surface area contributed by atoms with Crippen molar-refractivity contribution < 1.29 is 17.9 Å². The van der Waals surface area contributed by atoms with Crippen LogP contribution in [-0.4, -0.2) is 24.0 Å². The molecule has 0 saturated heterocycles. The molecule has 0 bridgehead atoms. The Morgan fingerprint density at radius 2 is 1.64 bits per heavy atom. The average Bonchev–Trinajstić information content (AvgIpc) is 3.34. The van der Waals surface area contributed by atoms with E-state index >= 15 is 0 Å². The molecule has 3 aromatic carbocycles. The summed E-state index contributed by atoms with van der Waals surface area (Å²) in [5.41, 5.74) is 1.84. The van der Waals surface area contributed by atoms with Gasteiger partial charge in [0.15, 0.2) is 5.75 Å². The minimum absolute atomic E-state index is 0.0935. The van der Waals surface area contributed by atoms with E-state index in [1.54, 1.807) is 73.2 Å². The number of benzene rings is 3. The average molecular weight is 499 g/mol. The molecule has 5 rings (SSSR count). The predicted molar refractivity (Wildman–Crippen MR) is 138 cm³/mol. The number of nitrogens with one attached hydrogen (secondary N) is 2. The third-order valence-corrected chi connectivity index (χ3v) is 6.87. The van der Waals surface area contributed by atoms with Gasteiger partial charge in [0.2, 0.25) is 0 Å². The van der Waals surface area contributed by atoms with Crippen LogP contribution in [0.25, 0.3) is 10.9 Å². The molecule has 5 aromatic rings. The van der Waals surface area contributed by atoms with Gasteiger partial charge in [-0.05, 0) is 54.1 Å². The van der Waals surface area contributed by atoms with E-state index in [0.717, 1.165) is 16.5 Å². The van der Waals surface area contributed by atoms with Crippen molar-refractivity contribution in [2.45, 2.75) is 11.4 Å². The number of rotatable bonds is 7. The standard InChI is InChI=1S/C27H22N4O4S/c32-27(31-17-15-21-19-28-16-14-25(21)31)29-18-20-10-12-23(13-11-20)36(33,34)30-24-8-4-5-9-26(24)35-22-6-2-1-3-7-22/h1-17,19,30H,18H2,(H,29,32). The first-order valence-corrected chi connectivity index (χ1v) is 12.6. The van der Waals surface area contributed by atoms with Crippen molar-refractivity contribution in [3.05, 3.63) is 115 Å². The Bertz CT molecular complexity index is 1620. The summed E-state index contributed by atoms with van der Waals surface area (Å²) in [7, 11) is -3.86. The molecule has 8 nitrogen and oxygen atoms in total. The van der Waals surface area contributed by atoms with Gasteiger partial charge in [-0.15, -0.1) is 0 Å². The molecule has 2 heterocycles. The fourth-order valence-corrected chi connectivity index (χ4v) is 4.74. The Morgan fingerprint density at radius 1 is 0.889 bits per heavy atom. The summed E-state index contributed by atoms with van der Waals surface area (Å²) in [5, 5.41) is 3.71. The molecule has 0 aliphatic carbocycles. The molecule has 0 radical (unpaired) electrons. The first-order valence-electron chi connectivity index (χ1n) is 11.1. The largest absolute Gasteiger partial charge is 0.455 e. The number of carbonyl (C=O) groups excluding carboxylic acids is 1. The number of amides is 1. The highest BCUT2D eigenvalue weighted by atomic mass is 32.2. The first kappa shape index (κ1) is 23.1. The molecule has 0 unspecified atom stereocenters. The van der Waals surface area contributed by atoms with Gasteiger partial charge in [0.05, 0.1) is 16.1 Å². The Hall–Kier alpha value is -4.63. The molecule has 2 N–H and O–H groups in total. The van der Waals surface area contributed by atoms with Crippen LogP contribution in [0.15, 0.2) is 114 Å². The van der Waals surface area contributed by atoms with Gasteiger partial charge >= 0.3 is 6.03 Å². The zero-order valence-electron chi connectivity index (χ0n) is 19.0. The quantitative estimate of drug-likeness (QED) is 0.313. The molecule has 2 aromatic heterocycles. The van der Waals surface area contributed by atoms with Crippen LogP contribution in [0, 0.1) is 0 Å². The van der Waals surface area contributed by atoms with Crippen molar-refractivity contribution in [1.82, 2.24) is 14.9 Å². The maximum absolute atomic E-state index is 13.0. The number of sulfonamides is 1. The number of para-hydroxylation sites is 3. The highest BCUT2D eigenvalue weighted by Gasteiger charge is 2.17. The van der Waals surface area contributed by atoms with Crippen molar-refractivity contribution in [1.29, 1.82) is 0 Å². The molecule has 36 heavy (non-hydrogen) atoms. The second-order valence-corrected chi connectivity index (χ2v) is 9.62. The molecule has 0 aliphatic rings. The molecule has 0 atom stereocenters. The van der Waals surface area contributed by atoms with E-state index in [4.69, 9.17) is 4.74 Å². The van der Waals surface area contributed by atoms with Crippen LogP contribution >= 0.6 is 0 Å². The van der Waals surface area contributed by atoms with E-state index in [1.807, 2.05) is 24.3 Å². The van der Waals surface area contributed by atoms with Crippen LogP contribution in [0.2, 0.25) is 0 Å². The van der Waals surface area contributed by atoms with Gasteiger partial charge in [-0.2, -0.15) is 0 Å². The minimum atomic E-state index is -3.86. The lowest BCUT2D eigenvalue weighted by atomic mass is 10.2. The maximum Gasteiger partial charge on any atom is 0.326 e. The van der Waals surface area contributed by atoms with Crippen LogP contribution in [0.1, 0.15) is 5.56 Å². The number of nitrogens with zero attached hydrogens (tertiary/aromatic N) is 2. The van der Waals surface area contributed by atoms with Gasteiger partial charge in [0.25, 0.3) is 10.0 Å². The number of hydrogen-bond acceptors (Lipinski definition) is 5. The van der Waals surface area contributed by atoms with Crippen LogP contribution in [0.3, 0.4) is 0 Å². The molecular weight excluding hydrogens is 476 g/mol.